The summed E-state index contributed by atoms with van der Waals surface area (Å²) in [6.07, 6.45) is 0.664. The van der Waals surface area contributed by atoms with Gasteiger partial charge in [-0.25, -0.2) is 9.37 Å². The molecule has 1 heterocycles. The van der Waals surface area contributed by atoms with Crippen molar-refractivity contribution in [2.75, 3.05) is 11.9 Å². The molecule has 1 aromatic carbocycles. The fraction of sp³-hybridized carbons (Fsp3) is 0.267. The third kappa shape index (κ3) is 3.66. The Morgan fingerprint density at radius 1 is 1.29 bits per heavy atom. The van der Waals surface area contributed by atoms with E-state index in [-0.39, 0.29) is 11.3 Å². The van der Waals surface area contributed by atoms with Crippen LogP contribution >= 0.6 is 0 Å². The van der Waals surface area contributed by atoms with Gasteiger partial charge in [-0.15, -0.1) is 0 Å². The Hall–Kier alpha value is -2.68. The molecule has 0 aliphatic carbocycles. The molecule has 1 N–H and O–H groups in total. The number of aryl methyl sites for hydroxylation is 1. The highest BCUT2D eigenvalue weighted by Crippen LogP contribution is 2.23. The van der Waals surface area contributed by atoms with Gasteiger partial charge in [0.1, 0.15) is 29.3 Å². The maximum absolute atomic E-state index is 13.6. The molecule has 6 heteroatoms. The highest BCUT2D eigenvalue weighted by molar-refractivity contribution is 5.41. The van der Waals surface area contributed by atoms with Gasteiger partial charge in [-0.3, -0.25) is 0 Å². The lowest BCUT2D eigenvalue weighted by Crippen LogP contribution is -2.04. The maximum Gasteiger partial charge on any atom is 0.224 e. The van der Waals surface area contributed by atoms with Crippen molar-refractivity contribution in [3.05, 3.63) is 41.5 Å². The van der Waals surface area contributed by atoms with Crippen molar-refractivity contribution in [2.24, 2.45) is 0 Å². The van der Waals surface area contributed by atoms with Gasteiger partial charge in [-0.2, -0.15) is 10.2 Å². The first kappa shape index (κ1) is 14.7. The molecule has 2 rings (SSSR count). The summed E-state index contributed by atoms with van der Waals surface area (Å²) in [4.78, 5) is 8.55. The molecule has 1 aromatic heterocycles. The number of nitrogens with one attached hydrogen (secondary N) is 1. The molecular formula is C15H15FN4O. The van der Waals surface area contributed by atoms with Crippen LogP contribution in [0.1, 0.15) is 25.2 Å². The Kier molecular flexibility index (Phi) is 4.67. The average Bonchev–Trinajstić information content (AvgIpc) is 2.47. The van der Waals surface area contributed by atoms with E-state index in [4.69, 9.17) is 10.00 Å². The van der Waals surface area contributed by atoms with E-state index >= 15 is 0 Å². The lowest BCUT2D eigenvalue weighted by atomic mass is 10.2. The second kappa shape index (κ2) is 6.66. The van der Waals surface area contributed by atoms with Crippen LogP contribution in [0.15, 0.2) is 24.3 Å². The normalized spacial score (nSPS) is 10.0. The van der Waals surface area contributed by atoms with Crippen LogP contribution in [0.25, 0.3) is 0 Å². The summed E-state index contributed by atoms with van der Waals surface area (Å²) in [6.45, 7) is 4.63. The number of ether oxygens (including phenoxy) is 1. The standard InChI is InChI=1S/C15H15FN4O/c1-3-13-19-14(18-4-2)8-15(20-13)21-11-6-5-10(9-17)12(16)7-11/h5-8H,3-4H2,1-2H3,(H,18,19,20). The first-order valence-electron chi connectivity index (χ1n) is 6.65. The number of hydrogen-bond acceptors (Lipinski definition) is 5. The SMILES string of the molecule is CCNc1cc(Oc2ccc(C#N)c(F)c2)nc(CC)n1. The van der Waals surface area contributed by atoms with Gasteiger partial charge in [0.25, 0.3) is 0 Å². The van der Waals surface area contributed by atoms with Gasteiger partial charge in [0, 0.05) is 25.1 Å². The molecule has 108 valence electrons. The molecule has 2 aromatic rings. The fourth-order valence-corrected chi connectivity index (χ4v) is 1.73. The Labute approximate surface area is 122 Å². The Morgan fingerprint density at radius 2 is 2.10 bits per heavy atom. The third-order valence-electron chi connectivity index (χ3n) is 2.71. The molecule has 0 spiro atoms. The van der Waals surface area contributed by atoms with Crippen LogP contribution in [0.4, 0.5) is 10.2 Å². The van der Waals surface area contributed by atoms with Crippen LogP contribution < -0.4 is 10.1 Å². The van der Waals surface area contributed by atoms with Crippen molar-refractivity contribution in [1.29, 1.82) is 5.26 Å². The Balaban J connectivity index is 2.28. The summed E-state index contributed by atoms with van der Waals surface area (Å²) in [5, 5.41) is 11.8. The zero-order valence-corrected chi connectivity index (χ0v) is 11.9. The second-order valence-electron chi connectivity index (χ2n) is 4.25. The van der Waals surface area contributed by atoms with Gasteiger partial charge >= 0.3 is 0 Å². The van der Waals surface area contributed by atoms with E-state index in [9.17, 15) is 4.39 Å². The summed E-state index contributed by atoms with van der Waals surface area (Å²) in [7, 11) is 0. The molecule has 5 nitrogen and oxygen atoms in total. The van der Waals surface area contributed by atoms with Gasteiger partial charge in [0.2, 0.25) is 5.88 Å². The van der Waals surface area contributed by atoms with E-state index in [0.29, 0.717) is 23.9 Å². The predicted octanol–water partition coefficient (Wildman–Crippen LogP) is 3.27. The minimum absolute atomic E-state index is 0.0207. The molecule has 0 amide bonds. The highest BCUT2D eigenvalue weighted by Gasteiger charge is 2.08. The molecule has 0 bridgehead atoms. The Morgan fingerprint density at radius 3 is 2.71 bits per heavy atom. The average molecular weight is 286 g/mol. The molecule has 0 saturated heterocycles. The lowest BCUT2D eigenvalue weighted by molar-refractivity contribution is 0.454. The van der Waals surface area contributed by atoms with Crippen molar-refractivity contribution in [3.8, 4) is 17.7 Å². The van der Waals surface area contributed by atoms with E-state index in [1.165, 1.54) is 18.2 Å². The van der Waals surface area contributed by atoms with Crippen LogP contribution in [0.3, 0.4) is 0 Å². The molecule has 0 radical (unpaired) electrons. The number of hydrogen-bond donors (Lipinski definition) is 1. The van der Waals surface area contributed by atoms with Crippen LogP contribution in [0.2, 0.25) is 0 Å². The molecule has 0 saturated carbocycles. The van der Waals surface area contributed by atoms with Crippen molar-refractivity contribution in [1.82, 2.24) is 9.97 Å². The molecule has 0 aliphatic rings. The van der Waals surface area contributed by atoms with E-state index in [2.05, 4.69) is 15.3 Å². The zero-order valence-electron chi connectivity index (χ0n) is 11.9. The second-order valence-corrected chi connectivity index (χ2v) is 4.25. The number of rotatable bonds is 5. The summed E-state index contributed by atoms with van der Waals surface area (Å²) >= 11 is 0. The summed E-state index contributed by atoms with van der Waals surface area (Å²) in [5.74, 6) is 1.30. The number of anilines is 1. The maximum atomic E-state index is 13.6. The molecule has 0 atom stereocenters. The third-order valence-corrected chi connectivity index (χ3v) is 2.71. The molecule has 21 heavy (non-hydrogen) atoms. The van der Waals surface area contributed by atoms with Gasteiger partial charge < -0.3 is 10.1 Å². The van der Waals surface area contributed by atoms with Crippen LogP contribution in [0, 0.1) is 17.1 Å². The largest absolute Gasteiger partial charge is 0.439 e. The predicted molar refractivity (Wildman–Crippen MR) is 76.8 cm³/mol. The molecule has 0 unspecified atom stereocenters. The first-order valence-corrected chi connectivity index (χ1v) is 6.65. The van der Waals surface area contributed by atoms with Crippen molar-refractivity contribution in [3.63, 3.8) is 0 Å². The van der Waals surface area contributed by atoms with E-state index in [0.717, 1.165) is 6.54 Å². The summed E-state index contributed by atoms with van der Waals surface area (Å²) in [6, 6.07) is 7.48. The van der Waals surface area contributed by atoms with Crippen molar-refractivity contribution >= 4 is 5.82 Å². The van der Waals surface area contributed by atoms with E-state index < -0.39 is 5.82 Å². The lowest BCUT2D eigenvalue weighted by Gasteiger charge is -2.09. The monoisotopic (exact) mass is 286 g/mol. The number of benzene rings is 1. The van der Waals surface area contributed by atoms with Crippen LogP contribution in [-0.4, -0.2) is 16.5 Å². The molecular weight excluding hydrogens is 271 g/mol. The molecule has 0 fully saturated rings. The number of halogens is 1. The number of nitrogens with zero attached hydrogens (tertiary/aromatic N) is 3. The fourth-order valence-electron chi connectivity index (χ4n) is 1.73. The van der Waals surface area contributed by atoms with E-state index in [1.807, 2.05) is 13.8 Å². The van der Waals surface area contributed by atoms with Gasteiger partial charge in [0.05, 0.1) is 5.56 Å². The first-order chi connectivity index (χ1) is 10.2. The topological polar surface area (TPSA) is 70.8 Å². The zero-order chi connectivity index (χ0) is 15.2. The van der Waals surface area contributed by atoms with E-state index in [1.54, 1.807) is 12.1 Å². The van der Waals surface area contributed by atoms with Crippen LogP contribution in [-0.2, 0) is 6.42 Å². The molecule has 0 aliphatic heterocycles. The van der Waals surface area contributed by atoms with Gasteiger partial charge in [0.15, 0.2) is 0 Å². The number of nitriles is 1. The number of aromatic nitrogens is 2. The smallest absolute Gasteiger partial charge is 0.224 e. The highest BCUT2D eigenvalue weighted by atomic mass is 19.1. The minimum Gasteiger partial charge on any atom is -0.439 e. The van der Waals surface area contributed by atoms with Gasteiger partial charge in [-0.05, 0) is 19.1 Å². The Bertz CT molecular complexity index is 682. The van der Waals surface area contributed by atoms with Crippen molar-refractivity contribution in [2.45, 2.75) is 20.3 Å². The van der Waals surface area contributed by atoms with Crippen LogP contribution in [0.5, 0.6) is 11.6 Å². The summed E-state index contributed by atoms with van der Waals surface area (Å²) < 4.78 is 19.1. The quantitative estimate of drug-likeness (QED) is 0.913. The minimum atomic E-state index is -0.619. The summed E-state index contributed by atoms with van der Waals surface area (Å²) in [5.41, 5.74) is -0.0207. The van der Waals surface area contributed by atoms with Gasteiger partial charge in [-0.1, -0.05) is 6.92 Å². The van der Waals surface area contributed by atoms with Crippen molar-refractivity contribution < 1.29 is 9.13 Å².